The van der Waals surface area contributed by atoms with Gasteiger partial charge in [-0.3, -0.25) is 4.90 Å². The Morgan fingerprint density at radius 2 is 2.13 bits per heavy atom. The third-order valence-corrected chi connectivity index (χ3v) is 5.32. The number of rotatable bonds is 7. The van der Waals surface area contributed by atoms with Gasteiger partial charge in [0.05, 0.1) is 19.3 Å². The molecule has 0 bridgehead atoms. The Morgan fingerprint density at radius 3 is 2.87 bits per heavy atom. The number of hydrogen-bond acceptors (Lipinski definition) is 4. The molecule has 2 aliphatic heterocycles. The van der Waals surface area contributed by atoms with E-state index in [1.807, 2.05) is 19.9 Å². The molecule has 2 N–H and O–H groups in total. The van der Waals surface area contributed by atoms with Crippen LogP contribution in [-0.2, 0) is 11.3 Å². The SMILES string of the molecule is CCNC(=NCc1ccc(C)cc1OCC(F)(F)F)NCC1CN2CCCC2CO1.I. The summed E-state index contributed by atoms with van der Waals surface area (Å²) in [6, 6.07) is 5.76. The lowest BCUT2D eigenvalue weighted by atomic mass is 10.1. The molecule has 0 aliphatic carbocycles. The maximum atomic E-state index is 12.6. The summed E-state index contributed by atoms with van der Waals surface area (Å²) in [5, 5.41) is 6.47. The van der Waals surface area contributed by atoms with Crippen LogP contribution in [0.1, 0.15) is 30.9 Å². The normalized spacial score (nSPS) is 21.9. The van der Waals surface area contributed by atoms with E-state index in [1.165, 1.54) is 12.8 Å². The van der Waals surface area contributed by atoms with Crippen molar-refractivity contribution in [1.29, 1.82) is 0 Å². The van der Waals surface area contributed by atoms with Crippen LogP contribution in [0, 0.1) is 6.92 Å². The second-order valence-corrected chi connectivity index (χ2v) is 7.84. The Kier molecular flexibility index (Phi) is 10.1. The van der Waals surface area contributed by atoms with E-state index in [9.17, 15) is 13.2 Å². The van der Waals surface area contributed by atoms with Gasteiger partial charge in [0, 0.05) is 31.2 Å². The molecule has 31 heavy (non-hydrogen) atoms. The highest BCUT2D eigenvalue weighted by atomic mass is 127. The summed E-state index contributed by atoms with van der Waals surface area (Å²) in [5.74, 6) is 0.814. The minimum absolute atomic E-state index is 0. The van der Waals surface area contributed by atoms with Gasteiger partial charge in [-0.25, -0.2) is 4.99 Å². The molecular weight excluding hydrogens is 524 g/mol. The second-order valence-electron chi connectivity index (χ2n) is 7.84. The lowest BCUT2D eigenvalue weighted by molar-refractivity contribution is -0.153. The number of nitrogens with one attached hydrogen (secondary N) is 2. The Morgan fingerprint density at radius 1 is 1.32 bits per heavy atom. The van der Waals surface area contributed by atoms with Crippen LogP contribution in [0.4, 0.5) is 13.2 Å². The summed E-state index contributed by atoms with van der Waals surface area (Å²) >= 11 is 0. The molecule has 2 aliphatic rings. The van der Waals surface area contributed by atoms with Crippen molar-refractivity contribution in [3.63, 3.8) is 0 Å². The summed E-state index contributed by atoms with van der Waals surface area (Å²) < 4.78 is 48.7. The number of aryl methyl sites for hydroxylation is 1. The molecule has 2 unspecified atom stereocenters. The number of aliphatic imine (C=N–C) groups is 1. The smallest absolute Gasteiger partial charge is 0.422 e. The average molecular weight is 556 g/mol. The third kappa shape index (κ3) is 8.30. The fourth-order valence-corrected chi connectivity index (χ4v) is 3.81. The highest BCUT2D eigenvalue weighted by molar-refractivity contribution is 14.0. The number of halogens is 4. The topological polar surface area (TPSA) is 58.1 Å². The van der Waals surface area contributed by atoms with Crippen LogP contribution < -0.4 is 15.4 Å². The number of benzene rings is 1. The van der Waals surface area contributed by atoms with Gasteiger partial charge in [-0.05, 0) is 44.9 Å². The van der Waals surface area contributed by atoms with Crippen LogP contribution in [-0.4, -0.2) is 68.6 Å². The number of alkyl halides is 3. The molecule has 2 saturated heterocycles. The molecular formula is C21H32F3IN4O2. The molecule has 1 aromatic rings. The predicted octanol–water partition coefficient (Wildman–Crippen LogP) is 3.47. The van der Waals surface area contributed by atoms with Gasteiger partial charge >= 0.3 is 6.18 Å². The highest BCUT2D eigenvalue weighted by Crippen LogP contribution is 2.25. The van der Waals surface area contributed by atoms with Crippen molar-refractivity contribution in [3.8, 4) is 5.75 Å². The van der Waals surface area contributed by atoms with Gasteiger partial charge in [0.2, 0.25) is 0 Å². The number of fused-ring (bicyclic) bond motifs is 1. The minimum Gasteiger partial charge on any atom is -0.484 e. The zero-order valence-corrected chi connectivity index (χ0v) is 20.3. The molecule has 6 nitrogen and oxygen atoms in total. The number of guanidine groups is 1. The van der Waals surface area contributed by atoms with Gasteiger partial charge in [-0.15, -0.1) is 24.0 Å². The molecule has 2 atom stereocenters. The Hall–Kier alpha value is -1.27. The van der Waals surface area contributed by atoms with Gasteiger partial charge < -0.3 is 20.1 Å². The zero-order valence-electron chi connectivity index (χ0n) is 18.0. The maximum Gasteiger partial charge on any atom is 0.422 e. The van der Waals surface area contributed by atoms with Crippen molar-refractivity contribution in [2.75, 3.05) is 39.4 Å². The predicted molar refractivity (Wildman–Crippen MR) is 125 cm³/mol. The van der Waals surface area contributed by atoms with Crippen LogP contribution >= 0.6 is 24.0 Å². The number of nitrogens with zero attached hydrogens (tertiary/aromatic N) is 2. The minimum atomic E-state index is -4.38. The molecule has 2 fully saturated rings. The molecule has 176 valence electrons. The van der Waals surface area contributed by atoms with Crippen molar-refractivity contribution < 1.29 is 22.6 Å². The maximum absolute atomic E-state index is 12.6. The monoisotopic (exact) mass is 556 g/mol. The van der Waals surface area contributed by atoms with E-state index in [0.29, 0.717) is 30.7 Å². The molecule has 0 aromatic heterocycles. The molecule has 0 amide bonds. The third-order valence-electron chi connectivity index (χ3n) is 5.32. The van der Waals surface area contributed by atoms with Crippen LogP contribution in [0.25, 0.3) is 0 Å². The summed E-state index contributed by atoms with van der Waals surface area (Å²) in [5.41, 5.74) is 1.44. The Bertz CT molecular complexity index is 733. The standard InChI is InChI=1S/C21H31F3N4O2.HI/c1-3-25-20(27-11-18-12-28-8-4-5-17(28)13-29-18)26-10-16-7-6-15(2)9-19(16)30-14-21(22,23)24;/h6-7,9,17-18H,3-5,8,10-14H2,1-2H3,(H2,25,26,27);1H. The summed E-state index contributed by atoms with van der Waals surface area (Å²) in [4.78, 5) is 7.02. The Labute approximate surface area is 199 Å². The summed E-state index contributed by atoms with van der Waals surface area (Å²) in [7, 11) is 0. The first kappa shape index (κ1) is 26.0. The zero-order chi connectivity index (χ0) is 21.6. The first-order valence-electron chi connectivity index (χ1n) is 10.5. The highest BCUT2D eigenvalue weighted by Gasteiger charge is 2.32. The molecule has 0 spiro atoms. The van der Waals surface area contributed by atoms with Gasteiger partial charge in [-0.1, -0.05) is 12.1 Å². The Balaban J connectivity index is 0.00000341. The first-order chi connectivity index (χ1) is 14.3. The number of hydrogen-bond donors (Lipinski definition) is 2. The molecule has 0 radical (unpaired) electrons. The summed E-state index contributed by atoms with van der Waals surface area (Å²) in [6.07, 6.45) is -1.85. The van der Waals surface area contributed by atoms with Crippen molar-refractivity contribution in [2.24, 2.45) is 4.99 Å². The fourth-order valence-electron chi connectivity index (χ4n) is 3.81. The molecule has 3 rings (SSSR count). The second kappa shape index (κ2) is 12.1. The number of ether oxygens (including phenoxy) is 2. The van der Waals surface area contributed by atoms with Crippen LogP contribution in [0.2, 0.25) is 0 Å². The van der Waals surface area contributed by atoms with E-state index in [1.54, 1.807) is 12.1 Å². The van der Waals surface area contributed by atoms with Crippen molar-refractivity contribution in [2.45, 2.75) is 51.6 Å². The van der Waals surface area contributed by atoms with Crippen LogP contribution in [0.5, 0.6) is 5.75 Å². The van der Waals surface area contributed by atoms with Crippen molar-refractivity contribution in [1.82, 2.24) is 15.5 Å². The quantitative estimate of drug-likeness (QED) is 0.306. The first-order valence-corrected chi connectivity index (χ1v) is 10.5. The van der Waals surface area contributed by atoms with E-state index < -0.39 is 12.8 Å². The lowest BCUT2D eigenvalue weighted by Gasteiger charge is -2.35. The fraction of sp³-hybridized carbons (Fsp3) is 0.667. The van der Waals surface area contributed by atoms with Gasteiger partial charge in [0.25, 0.3) is 0 Å². The van der Waals surface area contributed by atoms with E-state index in [4.69, 9.17) is 9.47 Å². The lowest BCUT2D eigenvalue weighted by Crippen LogP contribution is -2.51. The van der Waals surface area contributed by atoms with Crippen molar-refractivity contribution >= 4 is 29.9 Å². The van der Waals surface area contributed by atoms with E-state index in [-0.39, 0.29) is 42.4 Å². The number of morpholine rings is 1. The van der Waals surface area contributed by atoms with E-state index in [0.717, 1.165) is 25.3 Å². The summed E-state index contributed by atoms with van der Waals surface area (Å²) in [6.45, 7) is 6.78. The average Bonchev–Trinajstić information content (AvgIpc) is 3.16. The van der Waals surface area contributed by atoms with Crippen LogP contribution in [0.3, 0.4) is 0 Å². The van der Waals surface area contributed by atoms with E-state index >= 15 is 0 Å². The van der Waals surface area contributed by atoms with Gasteiger partial charge in [0.15, 0.2) is 12.6 Å². The molecule has 10 heteroatoms. The van der Waals surface area contributed by atoms with Gasteiger partial charge in [0.1, 0.15) is 5.75 Å². The molecule has 2 heterocycles. The molecule has 0 saturated carbocycles. The van der Waals surface area contributed by atoms with E-state index in [2.05, 4.69) is 20.5 Å². The largest absolute Gasteiger partial charge is 0.484 e. The molecule has 1 aromatic carbocycles. The van der Waals surface area contributed by atoms with Crippen LogP contribution in [0.15, 0.2) is 23.2 Å². The van der Waals surface area contributed by atoms with Gasteiger partial charge in [-0.2, -0.15) is 13.2 Å². The van der Waals surface area contributed by atoms with Crippen molar-refractivity contribution in [3.05, 3.63) is 29.3 Å².